The minimum Gasteiger partial charge on any atom is -0.465 e. The summed E-state index contributed by atoms with van der Waals surface area (Å²) < 4.78 is 10.6. The van der Waals surface area contributed by atoms with Gasteiger partial charge in [-0.2, -0.15) is 0 Å². The lowest BCUT2D eigenvalue weighted by atomic mass is 10.1. The zero-order valence-corrected chi connectivity index (χ0v) is 15.8. The Kier molecular flexibility index (Phi) is 7.50. The van der Waals surface area contributed by atoms with E-state index in [4.69, 9.17) is 32.7 Å². The zero-order chi connectivity index (χ0) is 18.4. The van der Waals surface area contributed by atoms with Crippen LogP contribution in [0.25, 0.3) is 0 Å². The minimum absolute atomic E-state index is 0.0484. The molecule has 138 valence electrons. The highest BCUT2D eigenvalue weighted by atomic mass is 35.5. The molecule has 1 fully saturated rings. The molecular formula is C17H22Cl2N2O4. The van der Waals surface area contributed by atoms with Gasteiger partial charge >= 0.3 is 5.97 Å². The minimum atomic E-state index is -0.408. The SMILES string of the molecule is CCOC(=O)CN(C)C(=O)CN1CCOC(c2ccc(Cl)c(Cl)c2)C1. The van der Waals surface area contributed by atoms with Gasteiger partial charge in [0.25, 0.3) is 0 Å². The third-order valence-corrected chi connectivity index (χ3v) is 4.66. The number of likely N-dealkylation sites (N-methyl/N-ethyl adjacent to an activating group) is 1. The maximum absolute atomic E-state index is 12.3. The van der Waals surface area contributed by atoms with Crippen LogP contribution in [0.15, 0.2) is 18.2 Å². The number of hydrogen-bond donors (Lipinski definition) is 0. The number of rotatable bonds is 6. The van der Waals surface area contributed by atoms with Crippen LogP contribution in [-0.4, -0.2) is 68.1 Å². The van der Waals surface area contributed by atoms with Gasteiger partial charge in [-0.05, 0) is 24.6 Å². The molecule has 25 heavy (non-hydrogen) atoms. The van der Waals surface area contributed by atoms with Crippen molar-refractivity contribution in [3.05, 3.63) is 33.8 Å². The summed E-state index contributed by atoms with van der Waals surface area (Å²) in [5.41, 5.74) is 0.923. The second-order valence-electron chi connectivity index (χ2n) is 5.82. The number of morpholine rings is 1. The van der Waals surface area contributed by atoms with Crippen LogP contribution in [0.5, 0.6) is 0 Å². The highest BCUT2D eigenvalue weighted by molar-refractivity contribution is 6.42. The summed E-state index contributed by atoms with van der Waals surface area (Å²) in [6.45, 7) is 3.93. The summed E-state index contributed by atoms with van der Waals surface area (Å²) in [6, 6.07) is 5.39. The average molecular weight is 389 g/mol. The van der Waals surface area contributed by atoms with Gasteiger partial charge < -0.3 is 14.4 Å². The number of ether oxygens (including phenoxy) is 2. The smallest absolute Gasteiger partial charge is 0.325 e. The van der Waals surface area contributed by atoms with E-state index in [1.807, 2.05) is 11.0 Å². The highest BCUT2D eigenvalue weighted by Gasteiger charge is 2.25. The third kappa shape index (κ3) is 5.85. The molecule has 0 N–H and O–H groups in total. The topological polar surface area (TPSA) is 59.1 Å². The third-order valence-electron chi connectivity index (χ3n) is 3.92. The lowest BCUT2D eigenvalue weighted by Crippen LogP contribution is -2.45. The molecule has 0 spiro atoms. The van der Waals surface area contributed by atoms with Crippen molar-refractivity contribution in [2.24, 2.45) is 0 Å². The van der Waals surface area contributed by atoms with Crippen LogP contribution in [0.2, 0.25) is 10.0 Å². The lowest BCUT2D eigenvalue weighted by Gasteiger charge is -2.33. The standard InChI is InChI=1S/C17H22Cl2N2O4/c1-3-24-17(23)11-20(2)16(22)10-21-6-7-25-15(9-21)12-4-5-13(18)14(19)8-12/h4-5,8,15H,3,6-7,9-11H2,1-2H3. The quantitative estimate of drug-likeness (QED) is 0.700. The normalized spacial score (nSPS) is 18.0. The molecule has 0 aliphatic carbocycles. The van der Waals surface area contributed by atoms with Gasteiger partial charge in [0.05, 0.1) is 35.9 Å². The molecule has 0 saturated carbocycles. The first-order valence-electron chi connectivity index (χ1n) is 8.09. The Morgan fingerprint density at radius 3 is 2.80 bits per heavy atom. The van der Waals surface area contributed by atoms with Gasteiger partial charge in [-0.3, -0.25) is 14.5 Å². The molecule has 1 aromatic carbocycles. The van der Waals surface area contributed by atoms with Crippen LogP contribution in [0.1, 0.15) is 18.6 Å². The van der Waals surface area contributed by atoms with E-state index >= 15 is 0 Å². The van der Waals surface area contributed by atoms with E-state index in [-0.39, 0.29) is 25.1 Å². The fraction of sp³-hybridized carbons (Fsp3) is 0.529. The fourth-order valence-electron chi connectivity index (χ4n) is 2.56. The number of halogens is 2. The monoisotopic (exact) mass is 388 g/mol. The van der Waals surface area contributed by atoms with Crippen molar-refractivity contribution in [1.29, 1.82) is 0 Å². The van der Waals surface area contributed by atoms with E-state index in [9.17, 15) is 9.59 Å². The van der Waals surface area contributed by atoms with Crippen LogP contribution in [0.3, 0.4) is 0 Å². The maximum atomic E-state index is 12.3. The van der Waals surface area contributed by atoms with Crippen LogP contribution in [0.4, 0.5) is 0 Å². The van der Waals surface area contributed by atoms with Crippen LogP contribution >= 0.6 is 23.2 Å². The molecule has 1 aliphatic heterocycles. The van der Waals surface area contributed by atoms with E-state index in [1.165, 1.54) is 4.90 Å². The fourth-order valence-corrected chi connectivity index (χ4v) is 2.87. The lowest BCUT2D eigenvalue weighted by molar-refractivity contribution is -0.148. The number of esters is 1. The van der Waals surface area contributed by atoms with Gasteiger partial charge in [-0.25, -0.2) is 0 Å². The van der Waals surface area contributed by atoms with Gasteiger partial charge in [0.2, 0.25) is 5.91 Å². The largest absolute Gasteiger partial charge is 0.465 e. The molecule has 1 amide bonds. The molecule has 6 nitrogen and oxygen atoms in total. The molecule has 1 aromatic rings. The summed E-state index contributed by atoms with van der Waals surface area (Å²) in [4.78, 5) is 27.1. The first-order chi connectivity index (χ1) is 11.9. The average Bonchev–Trinajstić information content (AvgIpc) is 2.57. The molecule has 1 unspecified atom stereocenters. The van der Waals surface area contributed by atoms with E-state index in [1.54, 1.807) is 26.1 Å². The molecule has 2 rings (SSSR count). The second kappa shape index (κ2) is 9.38. The van der Waals surface area contributed by atoms with E-state index in [0.717, 1.165) is 5.56 Å². The molecule has 8 heteroatoms. The van der Waals surface area contributed by atoms with Crippen molar-refractivity contribution >= 4 is 35.1 Å². The predicted molar refractivity (Wildman–Crippen MR) is 95.9 cm³/mol. The number of carbonyl (C=O) groups is 2. The van der Waals surface area contributed by atoms with Gasteiger partial charge in [0.1, 0.15) is 6.54 Å². The van der Waals surface area contributed by atoms with E-state index in [0.29, 0.717) is 36.3 Å². The van der Waals surface area contributed by atoms with Crippen LogP contribution < -0.4 is 0 Å². The second-order valence-corrected chi connectivity index (χ2v) is 6.64. The highest BCUT2D eigenvalue weighted by Crippen LogP contribution is 2.29. The Balaban J connectivity index is 1.91. The Labute approximate surface area is 157 Å². The number of amides is 1. The first kappa shape index (κ1) is 20.0. The molecule has 0 bridgehead atoms. The molecule has 0 radical (unpaired) electrons. The van der Waals surface area contributed by atoms with Crippen LogP contribution in [0, 0.1) is 0 Å². The summed E-state index contributed by atoms with van der Waals surface area (Å²) in [5.74, 6) is -0.545. The van der Waals surface area contributed by atoms with Crippen LogP contribution in [-0.2, 0) is 19.1 Å². The summed E-state index contributed by atoms with van der Waals surface area (Å²) >= 11 is 12.0. The number of carbonyl (C=O) groups excluding carboxylic acids is 2. The van der Waals surface area contributed by atoms with Gasteiger partial charge in [-0.15, -0.1) is 0 Å². The Hall–Kier alpha value is -1.34. The summed E-state index contributed by atoms with van der Waals surface area (Å²) in [6.07, 6.45) is -0.174. The molecule has 0 aromatic heterocycles. The van der Waals surface area contributed by atoms with Crippen molar-refractivity contribution in [2.45, 2.75) is 13.0 Å². The first-order valence-corrected chi connectivity index (χ1v) is 8.84. The summed E-state index contributed by atoms with van der Waals surface area (Å²) in [5, 5.41) is 0.971. The van der Waals surface area contributed by atoms with E-state index in [2.05, 4.69) is 0 Å². The summed E-state index contributed by atoms with van der Waals surface area (Å²) in [7, 11) is 1.59. The predicted octanol–water partition coefficient (Wildman–Crippen LogP) is 2.39. The Bertz CT molecular complexity index is 627. The molecule has 1 heterocycles. The Morgan fingerprint density at radius 1 is 1.36 bits per heavy atom. The van der Waals surface area contributed by atoms with Gasteiger partial charge in [-0.1, -0.05) is 29.3 Å². The van der Waals surface area contributed by atoms with Crippen molar-refractivity contribution < 1.29 is 19.1 Å². The zero-order valence-electron chi connectivity index (χ0n) is 14.3. The molecule has 1 atom stereocenters. The van der Waals surface area contributed by atoms with E-state index < -0.39 is 5.97 Å². The number of benzene rings is 1. The van der Waals surface area contributed by atoms with Crippen molar-refractivity contribution in [3.8, 4) is 0 Å². The van der Waals surface area contributed by atoms with Gasteiger partial charge in [0.15, 0.2) is 0 Å². The van der Waals surface area contributed by atoms with Crippen molar-refractivity contribution in [3.63, 3.8) is 0 Å². The molecule has 1 aliphatic rings. The molecular weight excluding hydrogens is 367 g/mol. The molecule has 1 saturated heterocycles. The maximum Gasteiger partial charge on any atom is 0.325 e. The Morgan fingerprint density at radius 2 is 2.12 bits per heavy atom. The number of hydrogen-bond acceptors (Lipinski definition) is 5. The van der Waals surface area contributed by atoms with Gasteiger partial charge in [0, 0.05) is 20.1 Å². The number of nitrogens with zero attached hydrogens (tertiary/aromatic N) is 2. The van der Waals surface area contributed by atoms with Crippen molar-refractivity contribution in [2.75, 3.05) is 46.4 Å². The van der Waals surface area contributed by atoms with Crippen molar-refractivity contribution in [1.82, 2.24) is 9.80 Å².